The zero-order valence-corrected chi connectivity index (χ0v) is 14.7. The maximum absolute atomic E-state index is 5.68. The molecule has 2 rings (SSSR count). The molecule has 2 N–H and O–H groups in total. The second kappa shape index (κ2) is 10.8. The molecule has 0 amide bonds. The molecule has 0 unspecified atom stereocenters. The summed E-state index contributed by atoms with van der Waals surface area (Å²) in [6, 6.07) is 7.57. The summed E-state index contributed by atoms with van der Waals surface area (Å²) in [6.45, 7) is 6.35. The van der Waals surface area contributed by atoms with Gasteiger partial charge in [0.1, 0.15) is 18.1 Å². The molecule has 1 aliphatic rings. The minimum absolute atomic E-state index is 0.564. The topological polar surface area (TPSA) is 64.1 Å². The molecule has 0 radical (unpaired) electrons. The van der Waals surface area contributed by atoms with E-state index in [1.165, 1.54) is 12.8 Å². The molecule has 6 nitrogen and oxygen atoms in total. The van der Waals surface area contributed by atoms with Crippen molar-refractivity contribution >= 4 is 5.96 Å². The predicted molar refractivity (Wildman–Crippen MR) is 96.0 cm³/mol. The highest BCUT2D eigenvalue weighted by Gasteiger charge is 2.20. The lowest BCUT2D eigenvalue weighted by Crippen LogP contribution is -2.39. The number of methoxy groups -OCH3 is 1. The first-order valence-electron chi connectivity index (χ1n) is 8.68. The Morgan fingerprint density at radius 2 is 1.88 bits per heavy atom. The fourth-order valence-electron chi connectivity index (χ4n) is 2.11. The Balaban J connectivity index is 1.60. The Labute approximate surface area is 144 Å². The van der Waals surface area contributed by atoms with Gasteiger partial charge in [0.15, 0.2) is 5.96 Å². The van der Waals surface area contributed by atoms with Gasteiger partial charge in [-0.15, -0.1) is 0 Å². The molecule has 134 valence electrons. The first-order valence-corrected chi connectivity index (χ1v) is 8.68. The molecular formula is C18H29N3O3. The van der Waals surface area contributed by atoms with E-state index in [0.717, 1.165) is 36.5 Å². The van der Waals surface area contributed by atoms with E-state index in [1.54, 1.807) is 7.11 Å². The van der Waals surface area contributed by atoms with Crippen molar-refractivity contribution in [2.75, 3.05) is 46.6 Å². The van der Waals surface area contributed by atoms with Crippen molar-refractivity contribution in [1.29, 1.82) is 0 Å². The zero-order valence-electron chi connectivity index (χ0n) is 14.7. The van der Waals surface area contributed by atoms with E-state index in [2.05, 4.69) is 22.5 Å². The number of rotatable bonds is 11. The van der Waals surface area contributed by atoms with Gasteiger partial charge in [0.2, 0.25) is 0 Å². The van der Waals surface area contributed by atoms with Crippen LogP contribution >= 0.6 is 0 Å². The third-order valence-electron chi connectivity index (χ3n) is 3.62. The Morgan fingerprint density at radius 3 is 2.54 bits per heavy atom. The molecule has 1 aliphatic carbocycles. The number of nitrogens with zero attached hydrogens (tertiary/aromatic N) is 1. The molecule has 1 aromatic rings. The minimum atomic E-state index is 0.564. The van der Waals surface area contributed by atoms with E-state index in [9.17, 15) is 0 Å². The van der Waals surface area contributed by atoms with Gasteiger partial charge in [-0.3, -0.25) is 4.99 Å². The molecule has 0 aromatic heterocycles. The lowest BCUT2D eigenvalue weighted by Gasteiger charge is -2.12. The third kappa shape index (κ3) is 7.55. The third-order valence-corrected chi connectivity index (χ3v) is 3.62. The molecular weight excluding hydrogens is 306 g/mol. The SMILES string of the molecule is CCNC(=NCCOCC1CC1)NCCOc1ccc(OC)cc1. The molecule has 0 heterocycles. The van der Waals surface area contributed by atoms with E-state index < -0.39 is 0 Å². The molecule has 6 heteroatoms. The van der Waals surface area contributed by atoms with E-state index in [0.29, 0.717) is 26.3 Å². The Hall–Kier alpha value is -1.95. The van der Waals surface area contributed by atoms with Crippen LogP contribution in [0.5, 0.6) is 11.5 Å². The van der Waals surface area contributed by atoms with Gasteiger partial charge in [0.05, 0.1) is 26.8 Å². The average molecular weight is 335 g/mol. The highest BCUT2D eigenvalue weighted by atomic mass is 16.5. The van der Waals surface area contributed by atoms with Gasteiger partial charge in [0.25, 0.3) is 0 Å². The van der Waals surface area contributed by atoms with Crippen LogP contribution in [-0.4, -0.2) is 52.5 Å². The predicted octanol–water partition coefficient (Wildman–Crippen LogP) is 2.06. The maximum atomic E-state index is 5.68. The molecule has 0 atom stereocenters. The summed E-state index contributed by atoms with van der Waals surface area (Å²) in [5.41, 5.74) is 0. The normalized spacial score (nSPS) is 14.3. The number of hydrogen-bond donors (Lipinski definition) is 2. The first kappa shape index (κ1) is 18.4. The van der Waals surface area contributed by atoms with E-state index in [4.69, 9.17) is 14.2 Å². The fraction of sp³-hybridized carbons (Fsp3) is 0.611. The minimum Gasteiger partial charge on any atom is -0.497 e. The Morgan fingerprint density at radius 1 is 1.12 bits per heavy atom. The second-order valence-corrected chi connectivity index (χ2v) is 5.73. The van der Waals surface area contributed by atoms with Crippen LogP contribution in [0.2, 0.25) is 0 Å². The summed E-state index contributed by atoms with van der Waals surface area (Å²) < 4.78 is 16.4. The van der Waals surface area contributed by atoms with Crippen LogP contribution in [0.25, 0.3) is 0 Å². The molecule has 1 fully saturated rings. The van der Waals surface area contributed by atoms with Crippen LogP contribution in [0.4, 0.5) is 0 Å². The van der Waals surface area contributed by atoms with Crippen LogP contribution in [-0.2, 0) is 4.74 Å². The van der Waals surface area contributed by atoms with E-state index in [1.807, 2.05) is 24.3 Å². The average Bonchev–Trinajstić information content (AvgIpc) is 3.43. The molecule has 0 spiro atoms. The van der Waals surface area contributed by atoms with E-state index >= 15 is 0 Å². The standard InChI is InChI=1S/C18H29N3O3/c1-3-19-18(20-10-12-23-14-15-4-5-15)21-11-13-24-17-8-6-16(22-2)7-9-17/h6-9,15H,3-5,10-14H2,1-2H3,(H2,19,20,21). The summed E-state index contributed by atoms with van der Waals surface area (Å²) >= 11 is 0. The molecule has 1 aromatic carbocycles. The summed E-state index contributed by atoms with van der Waals surface area (Å²) in [5.74, 6) is 3.25. The van der Waals surface area contributed by atoms with Gasteiger partial charge in [-0.2, -0.15) is 0 Å². The largest absolute Gasteiger partial charge is 0.497 e. The number of benzene rings is 1. The van der Waals surface area contributed by atoms with Gasteiger partial charge < -0.3 is 24.8 Å². The molecule has 0 saturated heterocycles. The second-order valence-electron chi connectivity index (χ2n) is 5.73. The van der Waals surface area contributed by atoms with Crippen molar-refractivity contribution in [3.8, 4) is 11.5 Å². The summed E-state index contributed by atoms with van der Waals surface area (Å²) in [4.78, 5) is 4.50. The van der Waals surface area contributed by atoms with Crippen molar-refractivity contribution in [2.24, 2.45) is 10.9 Å². The summed E-state index contributed by atoms with van der Waals surface area (Å²) in [5, 5.41) is 6.48. The quantitative estimate of drug-likeness (QED) is 0.368. The monoisotopic (exact) mass is 335 g/mol. The van der Waals surface area contributed by atoms with Crippen molar-refractivity contribution in [3.63, 3.8) is 0 Å². The lowest BCUT2D eigenvalue weighted by atomic mass is 10.3. The zero-order chi connectivity index (χ0) is 17.0. The number of hydrogen-bond acceptors (Lipinski definition) is 4. The summed E-state index contributed by atoms with van der Waals surface area (Å²) in [6.07, 6.45) is 2.64. The number of guanidine groups is 1. The Kier molecular flexibility index (Phi) is 8.24. The van der Waals surface area contributed by atoms with Crippen LogP contribution < -0.4 is 20.1 Å². The molecule has 0 bridgehead atoms. The molecule has 1 saturated carbocycles. The van der Waals surface area contributed by atoms with Crippen molar-refractivity contribution in [1.82, 2.24) is 10.6 Å². The van der Waals surface area contributed by atoms with Crippen LogP contribution in [0.15, 0.2) is 29.3 Å². The highest BCUT2D eigenvalue weighted by Crippen LogP contribution is 2.28. The first-order chi connectivity index (χ1) is 11.8. The van der Waals surface area contributed by atoms with Gasteiger partial charge >= 0.3 is 0 Å². The molecule has 24 heavy (non-hydrogen) atoms. The summed E-state index contributed by atoms with van der Waals surface area (Å²) in [7, 11) is 1.65. The van der Waals surface area contributed by atoms with Gasteiger partial charge in [-0.05, 0) is 49.9 Å². The fourth-order valence-corrected chi connectivity index (χ4v) is 2.11. The van der Waals surface area contributed by atoms with Gasteiger partial charge in [0, 0.05) is 13.2 Å². The lowest BCUT2D eigenvalue weighted by molar-refractivity contribution is 0.131. The van der Waals surface area contributed by atoms with Crippen molar-refractivity contribution in [3.05, 3.63) is 24.3 Å². The van der Waals surface area contributed by atoms with Crippen LogP contribution in [0, 0.1) is 5.92 Å². The number of ether oxygens (including phenoxy) is 3. The Bertz CT molecular complexity index is 487. The number of nitrogens with one attached hydrogen (secondary N) is 2. The number of aliphatic imine (C=N–C) groups is 1. The smallest absolute Gasteiger partial charge is 0.191 e. The van der Waals surface area contributed by atoms with Gasteiger partial charge in [-0.25, -0.2) is 0 Å². The van der Waals surface area contributed by atoms with Crippen molar-refractivity contribution < 1.29 is 14.2 Å². The van der Waals surface area contributed by atoms with Crippen LogP contribution in [0.3, 0.4) is 0 Å². The van der Waals surface area contributed by atoms with Crippen LogP contribution in [0.1, 0.15) is 19.8 Å². The highest BCUT2D eigenvalue weighted by molar-refractivity contribution is 5.79. The van der Waals surface area contributed by atoms with E-state index in [-0.39, 0.29) is 0 Å². The molecule has 0 aliphatic heterocycles. The maximum Gasteiger partial charge on any atom is 0.191 e. The van der Waals surface area contributed by atoms with Gasteiger partial charge in [-0.1, -0.05) is 0 Å². The van der Waals surface area contributed by atoms with Crippen molar-refractivity contribution in [2.45, 2.75) is 19.8 Å².